The number of hydrogen-bond acceptors (Lipinski definition) is 7. The fraction of sp³-hybridized carbons (Fsp3) is 0.417. The number of ketones is 1. The molecule has 1 aliphatic carbocycles. The molecular weight excluding hydrogens is 568 g/mol. The Labute approximate surface area is 262 Å². The van der Waals surface area contributed by atoms with Crippen LogP contribution < -0.4 is 10.7 Å². The average molecular weight is 609 g/mol. The molecule has 2 N–H and O–H groups in total. The molecule has 0 radical (unpaired) electrons. The Morgan fingerprint density at radius 3 is 2.53 bits per heavy atom. The number of H-pyrrole nitrogens is 2. The van der Waals surface area contributed by atoms with Crippen molar-refractivity contribution in [2.45, 2.75) is 66.3 Å². The molecule has 5 heterocycles. The molecule has 6 rings (SSSR count). The summed E-state index contributed by atoms with van der Waals surface area (Å²) in [5, 5.41) is 1.36. The zero-order valence-corrected chi connectivity index (χ0v) is 27.0. The first-order chi connectivity index (χ1) is 21.5. The largest absolute Gasteiger partial charge is 0.469 e. The Morgan fingerprint density at radius 2 is 1.87 bits per heavy atom. The fourth-order valence-corrected chi connectivity index (χ4v) is 7.54. The number of esters is 2. The zero-order valence-electron chi connectivity index (χ0n) is 27.0. The molecule has 2 aromatic rings. The molecule has 0 saturated heterocycles. The van der Waals surface area contributed by atoms with Gasteiger partial charge in [-0.1, -0.05) is 26.5 Å². The zero-order chi connectivity index (χ0) is 32.3. The number of carbonyl (C=O) groups is 3. The monoisotopic (exact) mass is 608 g/mol. The Hall–Kier alpha value is -4.53. The number of nitrogens with zero attached hydrogens (tertiary/aromatic N) is 2. The van der Waals surface area contributed by atoms with Gasteiger partial charge in [0.1, 0.15) is 5.92 Å². The van der Waals surface area contributed by atoms with Crippen LogP contribution in [-0.4, -0.2) is 59.4 Å². The van der Waals surface area contributed by atoms with Crippen molar-refractivity contribution in [3.8, 4) is 0 Å². The van der Waals surface area contributed by atoms with Crippen LogP contribution in [0.2, 0.25) is 0 Å². The molecule has 9 nitrogen and oxygen atoms in total. The van der Waals surface area contributed by atoms with Gasteiger partial charge in [-0.25, -0.2) is 0 Å². The summed E-state index contributed by atoms with van der Waals surface area (Å²) in [5.74, 6) is -2.77. The van der Waals surface area contributed by atoms with E-state index in [1.165, 1.54) is 25.4 Å². The van der Waals surface area contributed by atoms with Crippen molar-refractivity contribution in [3.05, 3.63) is 67.8 Å². The summed E-state index contributed by atoms with van der Waals surface area (Å²) in [7, 11) is 2.67. The third-order valence-electron chi connectivity index (χ3n) is 10.2. The third kappa shape index (κ3) is 4.71. The third-order valence-corrected chi connectivity index (χ3v) is 10.2. The lowest BCUT2D eigenvalue weighted by Gasteiger charge is -2.20. The maximum absolute atomic E-state index is 14.1. The van der Waals surface area contributed by atoms with Crippen LogP contribution in [0.15, 0.2) is 33.4 Å². The van der Waals surface area contributed by atoms with E-state index in [1.54, 1.807) is 0 Å². The number of aliphatic imine (C=N–C) groups is 2. The number of fused-ring (bicyclic) bond motifs is 6. The lowest BCUT2D eigenvalue weighted by atomic mass is 9.81. The van der Waals surface area contributed by atoms with E-state index in [-0.39, 0.29) is 36.1 Å². The van der Waals surface area contributed by atoms with E-state index in [9.17, 15) is 14.4 Å². The molecule has 3 aliphatic heterocycles. The van der Waals surface area contributed by atoms with Crippen LogP contribution in [0.25, 0.3) is 23.8 Å². The number of aromatic amines is 2. The van der Waals surface area contributed by atoms with Gasteiger partial charge in [-0.15, -0.1) is 0 Å². The van der Waals surface area contributed by atoms with Gasteiger partial charge in [0.05, 0.1) is 37.0 Å². The van der Waals surface area contributed by atoms with Crippen LogP contribution in [0, 0.1) is 31.6 Å². The van der Waals surface area contributed by atoms with Crippen molar-refractivity contribution in [3.63, 3.8) is 0 Å². The standard InChI is InChI=1S/C36H40N4O5/c1-9-20-16(3)23-13-25-18(5)22(11-12-29(41)44-7)33(39-25)31-32(36(43)45-8)35(42)30-19(6)26(40-34(30)31)15-28-21(10-2)17(4)24(38-28)14-27(20)37-23/h9,13,15,18,22,24,32,37,40H,1,10-12,14H2,2-8H3/b25-13-,26-15-/t18-,22?,24?,32+/m0/s1. The Balaban J connectivity index is 1.69. The number of Topliss-reactive ketones (excluding diaryl/α,β-unsaturated/α-hetero) is 1. The smallest absolute Gasteiger partial charge is 0.321 e. The van der Waals surface area contributed by atoms with E-state index in [0.717, 1.165) is 51.3 Å². The predicted octanol–water partition coefficient (Wildman–Crippen LogP) is 4.33. The highest BCUT2D eigenvalue weighted by atomic mass is 16.5. The molecule has 0 amide bonds. The first-order valence-corrected chi connectivity index (χ1v) is 15.6. The molecule has 2 aromatic heterocycles. The van der Waals surface area contributed by atoms with Crippen molar-refractivity contribution in [2.24, 2.45) is 27.7 Å². The highest BCUT2D eigenvalue weighted by Gasteiger charge is 2.47. The Morgan fingerprint density at radius 1 is 1.11 bits per heavy atom. The predicted molar refractivity (Wildman–Crippen MR) is 175 cm³/mol. The van der Waals surface area contributed by atoms with Gasteiger partial charge in [0.2, 0.25) is 0 Å². The minimum absolute atomic E-state index is 0.0383. The number of methoxy groups -OCH3 is 2. The molecule has 45 heavy (non-hydrogen) atoms. The highest BCUT2D eigenvalue weighted by molar-refractivity contribution is 6.35. The molecule has 4 aliphatic rings. The quantitative estimate of drug-likeness (QED) is 0.373. The van der Waals surface area contributed by atoms with E-state index in [2.05, 4.69) is 50.3 Å². The van der Waals surface area contributed by atoms with Gasteiger partial charge in [-0.3, -0.25) is 24.4 Å². The summed E-state index contributed by atoms with van der Waals surface area (Å²) in [4.78, 5) is 57.2. The topological polar surface area (TPSA) is 126 Å². The van der Waals surface area contributed by atoms with E-state index in [4.69, 9.17) is 19.5 Å². The highest BCUT2D eigenvalue weighted by Crippen LogP contribution is 2.42. The molecule has 0 spiro atoms. The van der Waals surface area contributed by atoms with Crippen molar-refractivity contribution in [1.29, 1.82) is 0 Å². The summed E-state index contributed by atoms with van der Waals surface area (Å²) in [6.45, 7) is 14.4. The number of nitrogens with one attached hydrogen (secondary N) is 2. The van der Waals surface area contributed by atoms with Gasteiger partial charge in [0, 0.05) is 58.2 Å². The summed E-state index contributed by atoms with van der Waals surface area (Å²) in [6.07, 6.45) is 8.11. The number of aromatic nitrogens is 2. The Bertz CT molecular complexity index is 1930. The van der Waals surface area contributed by atoms with E-state index in [0.29, 0.717) is 35.0 Å². The summed E-state index contributed by atoms with van der Waals surface area (Å²) in [5.41, 5.74) is 10.6. The van der Waals surface area contributed by atoms with E-state index >= 15 is 0 Å². The van der Waals surface area contributed by atoms with E-state index < -0.39 is 11.9 Å². The SMILES string of the molecule is C=Cc1c2[nH]c(c1C)/C=C1\N=C(C3=c4[nH]/c(c(C)c4C(=O)[C@@H]3C(=O)OC)=C\C3=NC(C2)C(C)=C3CC)C(CCC(=O)OC)[C@@H]1C. The number of allylic oxidation sites excluding steroid dienone is 2. The van der Waals surface area contributed by atoms with Crippen LogP contribution in [-0.2, 0) is 25.5 Å². The molecule has 0 fully saturated rings. The number of ether oxygens (including phenoxy) is 2. The molecule has 234 valence electrons. The van der Waals surface area contributed by atoms with Crippen LogP contribution >= 0.6 is 0 Å². The van der Waals surface area contributed by atoms with Gasteiger partial charge < -0.3 is 19.4 Å². The van der Waals surface area contributed by atoms with Crippen LogP contribution in [0.3, 0.4) is 0 Å². The van der Waals surface area contributed by atoms with Crippen LogP contribution in [0.4, 0.5) is 0 Å². The van der Waals surface area contributed by atoms with E-state index in [1.807, 2.05) is 19.1 Å². The average Bonchev–Trinajstić information content (AvgIpc) is 3.76. The minimum atomic E-state index is -1.15. The fourth-order valence-electron chi connectivity index (χ4n) is 7.54. The summed E-state index contributed by atoms with van der Waals surface area (Å²) < 4.78 is 10.1. The second-order valence-corrected chi connectivity index (χ2v) is 12.4. The second-order valence-electron chi connectivity index (χ2n) is 12.4. The summed E-state index contributed by atoms with van der Waals surface area (Å²) in [6, 6.07) is -0.0383. The van der Waals surface area contributed by atoms with Crippen molar-refractivity contribution in [2.75, 3.05) is 14.2 Å². The van der Waals surface area contributed by atoms with Gasteiger partial charge in [-0.2, -0.15) is 0 Å². The van der Waals surface area contributed by atoms with Crippen LogP contribution in [0.1, 0.15) is 78.5 Å². The summed E-state index contributed by atoms with van der Waals surface area (Å²) >= 11 is 0. The normalized spacial score (nSPS) is 25.4. The lowest BCUT2D eigenvalue weighted by Crippen LogP contribution is -2.31. The second kappa shape index (κ2) is 11.4. The van der Waals surface area contributed by atoms with Crippen LogP contribution in [0.5, 0.6) is 0 Å². The first kappa shape index (κ1) is 30.5. The molecule has 2 unspecified atom stereocenters. The number of carbonyl (C=O) groups excluding carboxylic acids is 3. The number of hydrogen-bond donors (Lipinski definition) is 2. The Kier molecular flexibility index (Phi) is 7.75. The van der Waals surface area contributed by atoms with Crippen molar-refractivity contribution in [1.82, 2.24) is 9.97 Å². The lowest BCUT2D eigenvalue weighted by molar-refractivity contribution is -0.142. The molecule has 4 atom stereocenters. The maximum atomic E-state index is 14.1. The van der Waals surface area contributed by atoms with Gasteiger partial charge in [0.15, 0.2) is 5.78 Å². The molecule has 8 bridgehead atoms. The first-order valence-electron chi connectivity index (χ1n) is 15.6. The molecule has 9 heteroatoms. The minimum Gasteiger partial charge on any atom is -0.469 e. The molecule has 0 saturated carbocycles. The van der Waals surface area contributed by atoms with Gasteiger partial charge in [0.25, 0.3) is 0 Å². The van der Waals surface area contributed by atoms with Gasteiger partial charge >= 0.3 is 11.9 Å². The maximum Gasteiger partial charge on any atom is 0.321 e. The van der Waals surface area contributed by atoms with Crippen molar-refractivity contribution >= 4 is 52.9 Å². The number of rotatable bonds is 6. The van der Waals surface area contributed by atoms with Gasteiger partial charge in [-0.05, 0) is 73.6 Å². The molecular formula is C36H40N4O5. The van der Waals surface area contributed by atoms with Crippen molar-refractivity contribution < 1.29 is 23.9 Å². The molecule has 0 aromatic carbocycles.